The molecule has 1 aromatic carbocycles. The normalized spacial score (nSPS) is 18.6. The molecule has 0 aliphatic carbocycles. The Bertz CT molecular complexity index is 2160. The van der Waals surface area contributed by atoms with E-state index in [1.165, 1.54) is 18.1 Å². The number of hydrazine groups is 1. The molecular weight excluding hydrogens is 841 g/mol. The molecule has 2 unspecified atom stereocenters. The number of carbonyl (C=O) groups is 4. The lowest BCUT2D eigenvalue weighted by atomic mass is 9.84. The minimum atomic E-state index is -2.44. The zero-order valence-electron chi connectivity index (χ0n) is 38.8. The van der Waals surface area contributed by atoms with Crippen molar-refractivity contribution in [1.82, 2.24) is 35.5 Å². The molecule has 4 heterocycles. The summed E-state index contributed by atoms with van der Waals surface area (Å²) >= 11 is -2.44. The van der Waals surface area contributed by atoms with E-state index in [1.807, 2.05) is 51.1 Å². The standard InChI is InChI=1S/C46H68N8O9S/c1-11-38(55)52-22-19-31(27-52)43(57)51(8)40(29(3)4)42(56)49-45(62-10)54(23-24-64(59)60)32-17-18-37-34(25-32)35(26-46(6,7)28-63-44(58)36-16-14-21-48-50-36)41(53(37)12-2)33-15-13-20-47-39(33)30(5)61-9/h11,13,15,17-18,20,25,29-31,36,40,45,48,50H,1,12,14,16,19,21-24,26-28H2,2-10H3,(H,49,56)(H,59,60)/p-1/t30-,31-,36-,40-,45?/m0/s1. The maximum Gasteiger partial charge on any atom is 0.324 e. The summed E-state index contributed by atoms with van der Waals surface area (Å²) in [5, 5.41) is 3.84. The minimum absolute atomic E-state index is 0.0446. The molecule has 0 spiro atoms. The highest BCUT2D eigenvalue weighted by atomic mass is 32.2. The van der Waals surface area contributed by atoms with Crippen LogP contribution in [0.25, 0.3) is 22.2 Å². The number of nitrogens with one attached hydrogen (secondary N) is 3. The van der Waals surface area contributed by atoms with Gasteiger partial charge in [0.15, 0.2) is 0 Å². The van der Waals surface area contributed by atoms with Crippen molar-refractivity contribution in [2.75, 3.05) is 64.7 Å². The van der Waals surface area contributed by atoms with E-state index in [4.69, 9.17) is 19.2 Å². The number of likely N-dealkylation sites (tertiary alicyclic amines) is 1. The van der Waals surface area contributed by atoms with Crippen LogP contribution in [0.2, 0.25) is 0 Å². The molecule has 17 nitrogen and oxygen atoms in total. The van der Waals surface area contributed by atoms with Crippen LogP contribution in [0, 0.1) is 17.3 Å². The molecule has 2 aliphatic rings. The number of pyridine rings is 1. The van der Waals surface area contributed by atoms with Gasteiger partial charge in [0.05, 0.1) is 30.0 Å². The Morgan fingerprint density at radius 1 is 1.14 bits per heavy atom. The SMILES string of the molecule is C=CC(=O)N1CC[C@H](C(=O)N(C)[C@H](C(=O)NC(OC)N(CCS(=O)[O-])c2ccc3c(c2)c(CC(C)(C)COC(=O)[C@@H]2CCCNN2)c(-c2cccnc2[C@H](C)OC)n3CC)C(C)C)C1. The number of carbonyl (C=O) groups excluding carboxylic acids is 4. The second-order valence-electron chi connectivity index (χ2n) is 17.7. The number of fused-ring (bicyclic) bond motifs is 1. The molecule has 3 aromatic rings. The smallest absolute Gasteiger partial charge is 0.324 e. The van der Waals surface area contributed by atoms with Crippen molar-refractivity contribution in [1.29, 1.82) is 0 Å². The number of methoxy groups -OCH3 is 2. The van der Waals surface area contributed by atoms with E-state index in [-0.39, 0.29) is 55.3 Å². The Labute approximate surface area is 379 Å². The summed E-state index contributed by atoms with van der Waals surface area (Å²) in [7, 11) is 4.66. The number of hydrogen-bond acceptors (Lipinski definition) is 13. The molecule has 5 rings (SSSR count). The zero-order valence-corrected chi connectivity index (χ0v) is 39.6. The number of amides is 3. The van der Waals surface area contributed by atoms with Crippen molar-refractivity contribution in [2.24, 2.45) is 17.3 Å². The molecule has 3 amide bonds. The average Bonchev–Trinajstić information content (AvgIpc) is 3.90. The van der Waals surface area contributed by atoms with Crippen LogP contribution in [0.15, 0.2) is 49.2 Å². The van der Waals surface area contributed by atoms with E-state index in [1.54, 1.807) is 30.2 Å². The summed E-state index contributed by atoms with van der Waals surface area (Å²) in [5.41, 5.74) is 10.5. The average molecular weight is 908 g/mol. The third kappa shape index (κ3) is 11.7. The summed E-state index contributed by atoms with van der Waals surface area (Å²) in [6, 6.07) is 8.40. The summed E-state index contributed by atoms with van der Waals surface area (Å²) in [6.07, 6.45) is 3.96. The van der Waals surface area contributed by atoms with Gasteiger partial charge >= 0.3 is 5.97 Å². The first-order valence-corrected chi connectivity index (χ1v) is 23.3. The fourth-order valence-corrected chi connectivity index (χ4v) is 9.21. The second-order valence-corrected chi connectivity index (χ2v) is 18.7. The predicted molar refractivity (Wildman–Crippen MR) is 245 cm³/mol. The van der Waals surface area contributed by atoms with Crippen LogP contribution in [0.4, 0.5) is 5.69 Å². The lowest BCUT2D eigenvalue weighted by Crippen LogP contribution is -2.58. The first-order valence-electron chi connectivity index (χ1n) is 22.1. The fraction of sp³-hybridized carbons (Fsp3) is 0.587. The predicted octanol–water partition coefficient (Wildman–Crippen LogP) is 4.05. The number of anilines is 1. The summed E-state index contributed by atoms with van der Waals surface area (Å²) in [6.45, 7) is 17.5. The van der Waals surface area contributed by atoms with E-state index in [2.05, 4.69) is 48.1 Å². The zero-order chi connectivity index (χ0) is 46.9. The van der Waals surface area contributed by atoms with Gasteiger partial charge in [-0.05, 0) is 87.4 Å². The van der Waals surface area contributed by atoms with Crippen molar-refractivity contribution in [3.63, 3.8) is 0 Å². The van der Waals surface area contributed by atoms with Gasteiger partial charge in [0.1, 0.15) is 12.1 Å². The van der Waals surface area contributed by atoms with Gasteiger partial charge in [-0.3, -0.25) is 33.8 Å². The highest BCUT2D eigenvalue weighted by Gasteiger charge is 2.39. The van der Waals surface area contributed by atoms with Crippen molar-refractivity contribution >= 4 is 51.4 Å². The van der Waals surface area contributed by atoms with Crippen LogP contribution in [0.5, 0.6) is 0 Å². The van der Waals surface area contributed by atoms with Gasteiger partial charge in [-0.15, -0.1) is 0 Å². The van der Waals surface area contributed by atoms with Gasteiger partial charge in [0, 0.05) is 93.5 Å². The third-order valence-corrected chi connectivity index (χ3v) is 12.7. The first-order chi connectivity index (χ1) is 30.5. The molecule has 2 saturated heterocycles. The Hall–Kier alpha value is -4.72. The van der Waals surface area contributed by atoms with Gasteiger partial charge in [-0.25, -0.2) is 5.43 Å². The quantitative estimate of drug-likeness (QED) is 0.0600. The molecule has 2 aromatic heterocycles. The maximum atomic E-state index is 14.3. The van der Waals surface area contributed by atoms with Gasteiger partial charge < -0.3 is 43.3 Å². The lowest BCUT2D eigenvalue weighted by molar-refractivity contribution is -0.150. The molecule has 6 atom stereocenters. The number of rotatable bonds is 21. The maximum absolute atomic E-state index is 14.3. The molecule has 64 heavy (non-hydrogen) atoms. The molecule has 352 valence electrons. The number of aryl methyl sites for hydroxylation is 1. The first kappa shape index (κ1) is 50.3. The van der Waals surface area contributed by atoms with Crippen molar-refractivity contribution in [2.45, 2.75) is 98.3 Å². The molecule has 0 bridgehead atoms. The Kier molecular flexibility index (Phi) is 17.6. The van der Waals surface area contributed by atoms with E-state index in [0.717, 1.165) is 46.4 Å². The van der Waals surface area contributed by atoms with Crippen LogP contribution in [0.1, 0.15) is 78.2 Å². The van der Waals surface area contributed by atoms with Crippen molar-refractivity contribution in [3.05, 3.63) is 60.4 Å². The summed E-state index contributed by atoms with van der Waals surface area (Å²) in [4.78, 5) is 63.0. The minimum Gasteiger partial charge on any atom is -0.772 e. The van der Waals surface area contributed by atoms with Crippen molar-refractivity contribution < 1.29 is 42.2 Å². The van der Waals surface area contributed by atoms with Crippen LogP contribution in [0.3, 0.4) is 0 Å². The third-order valence-electron chi connectivity index (χ3n) is 12.2. The topological polar surface area (TPSA) is 200 Å². The summed E-state index contributed by atoms with van der Waals surface area (Å²) in [5.74, 6) is -2.38. The Balaban J connectivity index is 1.56. The molecule has 0 radical (unpaired) electrons. The van der Waals surface area contributed by atoms with Crippen LogP contribution in [-0.4, -0.2) is 130 Å². The molecule has 2 fully saturated rings. The van der Waals surface area contributed by atoms with Crippen LogP contribution in [-0.2, 0) is 57.4 Å². The molecule has 0 saturated carbocycles. The Morgan fingerprint density at radius 2 is 1.89 bits per heavy atom. The fourth-order valence-electron chi connectivity index (χ4n) is 8.86. The lowest BCUT2D eigenvalue weighted by Gasteiger charge is -2.37. The van der Waals surface area contributed by atoms with Gasteiger partial charge in [0.25, 0.3) is 0 Å². The van der Waals surface area contributed by atoms with Crippen LogP contribution >= 0.6 is 0 Å². The molecule has 2 aliphatic heterocycles. The molecular formula is C46H67N8O9S-. The van der Waals surface area contributed by atoms with E-state index in [9.17, 15) is 27.9 Å². The summed E-state index contributed by atoms with van der Waals surface area (Å²) < 4.78 is 44.2. The molecule has 18 heteroatoms. The number of nitrogens with zero attached hydrogens (tertiary/aromatic N) is 5. The second kappa shape index (κ2) is 22.5. The number of hydrogen-bond donors (Lipinski definition) is 3. The van der Waals surface area contributed by atoms with Gasteiger partial charge in [-0.2, -0.15) is 0 Å². The van der Waals surface area contributed by atoms with E-state index in [0.29, 0.717) is 38.0 Å². The highest BCUT2D eigenvalue weighted by molar-refractivity contribution is 7.79. The van der Waals surface area contributed by atoms with Crippen LogP contribution < -0.4 is 21.1 Å². The number of likely N-dealkylation sites (N-methyl/N-ethyl adjacent to an activating group) is 1. The number of benzene rings is 1. The van der Waals surface area contributed by atoms with Gasteiger partial charge in [0.2, 0.25) is 24.1 Å². The number of esters is 1. The largest absolute Gasteiger partial charge is 0.772 e. The number of ether oxygens (including phenoxy) is 3. The Morgan fingerprint density at radius 3 is 2.52 bits per heavy atom. The van der Waals surface area contributed by atoms with Crippen molar-refractivity contribution in [3.8, 4) is 11.3 Å². The molecule has 3 N–H and O–H groups in total. The monoisotopic (exact) mass is 907 g/mol. The highest BCUT2D eigenvalue weighted by Crippen LogP contribution is 2.42. The van der Waals surface area contributed by atoms with E-state index < -0.39 is 46.8 Å². The number of aromatic nitrogens is 2. The van der Waals surface area contributed by atoms with Gasteiger partial charge in [-0.1, -0.05) is 45.4 Å². The van der Waals surface area contributed by atoms with E-state index >= 15 is 0 Å².